The van der Waals surface area contributed by atoms with Crippen LogP contribution in [0.5, 0.6) is 0 Å². The number of hydrogen-bond acceptors (Lipinski definition) is 7. The molecule has 0 spiro atoms. The summed E-state index contributed by atoms with van der Waals surface area (Å²) in [5, 5.41) is 10.4. The van der Waals surface area contributed by atoms with Gasteiger partial charge in [0.15, 0.2) is 10.9 Å². The number of carbonyl (C=O) groups excluding carboxylic acids is 1. The van der Waals surface area contributed by atoms with Gasteiger partial charge in [0.2, 0.25) is 5.89 Å². The summed E-state index contributed by atoms with van der Waals surface area (Å²) in [6.07, 6.45) is 1.95. The fourth-order valence-electron chi connectivity index (χ4n) is 4.79. The third-order valence-corrected chi connectivity index (χ3v) is 8.58. The van der Waals surface area contributed by atoms with Crippen LogP contribution in [0.25, 0.3) is 5.69 Å². The van der Waals surface area contributed by atoms with Crippen molar-refractivity contribution in [1.29, 1.82) is 0 Å². The van der Waals surface area contributed by atoms with Crippen LogP contribution in [0.1, 0.15) is 27.8 Å². The van der Waals surface area contributed by atoms with E-state index in [-0.39, 0.29) is 17.4 Å². The fraction of sp³-hybridized carbons (Fsp3) is 0.200. The lowest BCUT2D eigenvalue weighted by atomic mass is 10.1. The summed E-state index contributed by atoms with van der Waals surface area (Å²) in [7, 11) is 0. The Morgan fingerprint density at radius 1 is 0.929 bits per heavy atom. The van der Waals surface area contributed by atoms with Gasteiger partial charge in [0.25, 0.3) is 5.91 Å². The monoisotopic (exact) mass is 622 g/mol. The van der Waals surface area contributed by atoms with Gasteiger partial charge in [-0.1, -0.05) is 77.4 Å². The second-order valence-corrected chi connectivity index (χ2v) is 11.4. The van der Waals surface area contributed by atoms with E-state index in [2.05, 4.69) is 15.2 Å². The minimum Gasteiger partial charge on any atom is -0.447 e. The molecule has 1 saturated heterocycles. The molecule has 0 bridgehead atoms. The number of nitrogens with zero attached hydrogens (tertiary/aromatic N) is 6. The van der Waals surface area contributed by atoms with Crippen molar-refractivity contribution in [2.45, 2.75) is 17.3 Å². The molecule has 1 aliphatic rings. The van der Waals surface area contributed by atoms with Crippen LogP contribution in [0, 0.1) is 5.82 Å². The van der Waals surface area contributed by atoms with Crippen LogP contribution in [0.15, 0.2) is 88.6 Å². The lowest BCUT2D eigenvalue weighted by molar-refractivity contribution is 0.0740. The third-order valence-electron chi connectivity index (χ3n) is 6.92. The second-order valence-electron chi connectivity index (χ2n) is 9.64. The number of anilines is 1. The van der Waals surface area contributed by atoms with Gasteiger partial charge in [-0.15, -0.1) is 10.2 Å². The van der Waals surface area contributed by atoms with Crippen LogP contribution in [0.4, 0.5) is 10.1 Å². The van der Waals surface area contributed by atoms with Gasteiger partial charge in [-0.05, 0) is 35.9 Å². The highest BCUT2D eigenvalue weighted by Gasteiger charge is 2.26. The molecule has 1 fully saturated rings. The predicted molar refractivity (Wildman–Crippen MR) is 161 cm³/mol. The number of carbonyl (C=O) groups is 1. The molecule has 6 rings (SSSR count). The number of piperazine rings is 1. The number of rotatable bonds is 8. The van der Waals surface area contributed by atoms with Gasteiger partial charge < -0.3 is 14.2 Å². The van der Waals surface area contributed by atoms with Gasteiger partial charge in [-0.25, -0.2) is 9.37 Å². The molecule has 0 aliphatic carbocycles. The lowest BCUT2D eigenvalue weighted by Gasteiger charge is -2.35. The number of oxazole rings is 1. The van der Waals surface area contributed by atoms with Crippen molar-refractivity contribution in [1.82, 2.24) is 24.6 Å². The molecule has 1 aliphatic heterocycles. The van der Waals surface area contributed by atoms with Crippen molar-refractivity contribution >= 4 is 46.6 Å². The van der Waals surface area contributed by atoms with Crippen LogP contribution in [-0.4, -0.2) is 56.7 Å². The van der Waals surface area contributed by atoms with Gasteiger partial charge in [0.05, 0.1) is 27.2 Å². The van der Waals surface area contributed by atoms with Crippen LogP contribution >= 0.6 is 35.0 Å². The number of amides is 1. The van der Waals surface area contributed by atoms with Gasteiger partial charge in [0.1, 0.15) is 17.9 Å². The van der Waals surface area contributed by atoms with E-state index in [1.54, 1.807) is 29.2 Å². The Balaban J connectivity index is 1.14. The SMILES string of the molecule is O=C(c1coc(CSc2nnc(Cc3ccccc3)n2-c2ccc(Cl)c(Cl)c2)n1)N1CCN(c2ccccc2F)CC1. The number of halogens is 3. The first-order chi connectivity index (χ1) is 20.5. The van der Waals surface area contributed by atoms with Crippen molar-refractivity contribution in [3.05, 3.63) is 118 Å². The Kier molecular flexibility index (Phi) is 8.46. The molecule has 0 unspecified atom stereocenters. The van der Waals surface area contributed by atoms with E-state index in [0.717, 1.165) is 17.1 Å². The maximum atomic E-state index is 14.2. The summed E-state index contributed by atoms with van der Waals surface area (Å²) >= 11 is 13.9. The zero-order valence-electron chi connectivity index (χ0n) is 22.3. The normalized spacial score (nSPS) is 13.5. The average molecular weight is 624 g/mol. The summed E-state index contributed by atoms with van der Waals surface area (Å²) in [5.41, 5.74) is 2.65. The smallest absolute Gasteiger partial charge is 0.275 e. The lowest BCUT2D eigenvalue weighted by Crippen LogP contribution is -2.49. The first kappa shape index (κ1) is 28.3. The molecule has 5 aromatic rings. The zero-order valence-corrected chi connectivity index (χ0v) is 24.6. The summed E-state index contributed by atoms with van der Waals surface area (Å²) in [5.74, 6) is 0.978. The molecule has 3 heterocycles. The molecule has 12 heteroatoms. The quantitative estimate of drug-likeness (QED) is 0.182. The standard InChI is InChI=1S/C30H25Cl2FN6O2S/c31-22-11-10-21(17-23(22)32)39-27(16-20-6-2-1-3-7-20)35-36-30(39)42-19-28-34-25(18-41-28)29(40)38-14-12-37(13-15-38)26-9-5-4-8-24(26)33/h1-11,17-18H,12-16,19H2. The minimum absolute atomic E-state index is 0.215. The maximum absolute atomic E-state index is 14.2. The first-order valence-corrected chi connectivity index (χ1v) is 15.0. The Bertz CT molecular complexity index is 1710. The molecule has 0 atom stereocenters. The molecule has 1 amide bonds. The highest BCUT2D eigenvalue weighted by Crippen LogP contribution is 2.30. The predicted octanol–water partition coefficient (Wildman–Crippen LogP) is 6.55. The van der Waals surface area contributed by atoms with Crippen LogP contribution in [0.2, 0.25) is 10.0 Å². The van der Waals surface area contributed by atoms with Crippen LogP contribution in [0.3, 0.4) is 0 Å². The first-order valence-electron chi connectivity index (χ1n) is 13.3. The summed E-state index contributed by atoms with van der Waals surface area (Å²) in [6, 6.07) is 22.0. The zero-order chi connectivity index (χ0) is 29.1. The van der Waals surface area contributed by atoms with Crippen LogP contribution < -0.4 is 4.90 Å². The number of benzene rings is 3. The van der Waals surface area contributed by atoms with E-state index in [0.29, 0.717) is 65.1 Å². The molecule has 42 heavy (non-hydrogen) atoms. The highest BCUT2D eigenvalue weighted by atomic mass is 35.5. The largest absolute Gasteiger partial charge is 0.447 e. The van der Waals surface area contributed by atoms with Gasteiger partial charge in [0, 0.05) is 32.6 Å². The van der Waals surface area contributed by atoms with Gasteiger partial charge >= 0.3 is 0 Å². The Morgan fingerprint density at radius 2 is 1.69 bits per heavy atom. The molecule has 0 saturated carbocycles. The van der Waals surface area contributed by atoms with Crippen molar-refractivity contribution in [2.75, 3.05) is 31.1 Å². The molecule has 0 N–H and O–H groups in total. The van der Waals surface area contributed by atoms with E-state index in [1.165, 1.54) is 24.1 Å². The van der Waals surface area contributed by atoms with E-state index < -0.39 is 0 Å². The third kappa shape index (κ3) is 6.16. The summed E-state index contributed by atoms with van der Waals surface area (Å²) < 4.78 is 21.8. The number of thioether (sulfide) groups is 1. The highest BCUT2D eigenvalue weighted by molar-refractivity contribution is 7.98. The van der Waals surface area contributed by atoms with E-state index >= 15 is 0 Å². The number of aromatic nitrogens is 4. The van der Waals surface area contributed by atoms with Crippen molar-refractivity contribution in [3.8, 4) is 5.69 Å². The summed E-state index contributed by atoms with van der Waals surface area (Å²) in [6.45, 7) is 1.98. The van der Waals surface area contributed by atoms with Crippen molar-refractivity contribution in [2.24, 2.45) is 0 Å². The van der Waals surface area contributed by atoms with E-state index in [1.807, 2.05) is 51.9 Å². The number of para-hydroxylation sites is 1. The molecule has 3 aromatic carbocycles. The maximum Gasteiger partial charge on any atom is 0.275 e. The Morgan fingerprint density at radius 3 is 2.45 bits per heavy atom. The topological polar surface area (TPSA) is 80.3 Å². The Hall–Kier alpha value is -3.86. The minimum atomic E-state index is -0.266. The molecular weight excluding hydrogens is 598 g/mol. The Labute approximate surface area is 256 Å². The van der Waals surface area contributed by atoms with Crippen LogP contribution in [-0.2, 0) is 12.2 Å². The average Bonchev–Trinajstić information content (AvgIpc) is 3.65. The van der Waals surface area contributed by atoms with Gasteiger partial charge in [-0.3, -0.25) is 9.36 Å². The second kappa shape index (κ2) is 12.6. The van der Waals surface area contributed by atoms with Gasteiger partial charge in [-0.2, -0.15) is 0 Å². The van der Waals surface area contributed by atoms with E-state index in [4.69, 9.17) is 27.6 Å². The molecule has 8 nitrogen and oxygen atoms in total. The summed E-state index contributed by atoms with van der Waals surface area (Å²) in [4.78, 5) is 21.2. The fourth-order valence-corrected chi connectivity index (χ4v) is 5.91. The van der Waals surface area contributed by atoms with Crippen molar-refractivity contribution in [3.63, 3.8) is 0 Å². The number of hydrogen-bond donors (Lipinski definition) is 0. The molecular formula is C30H25Cl2FN6O2S. The molecule has 2 aromatic heterocycles. The molecule has 214 valence electrons. The van der Waals surface area contributed by atoms with E-state index in [9.17, 15) is 9.18 Å². The van der Waals surface area contributed by atoms with Crippen molar-refractivity contribution < 1.29 is 13.6 Å². The molecule has 0 radical (unpaired) electrons.